The lowest BCUT2D eigenvalue weighted by atomic mass is 10.2. The van der Waals surface area contributed by atoms with Crippen LogP contribution >= 0.6 is 0 Å². The molecule has 0 aliphatic rings. The van der Waals surface area contributed by atoms with Crippen molar-refractivity contribution in [1.82, 2.24) is 5.32 Å². The Morgan fingerprint density at radius 3 is 3.07 bits per heavy atom. The molecule has 0 radical (unpaired) electrons. The quantitative estimate of drug-likeness (QED) is 0.730. The molecule has 4 heteroatoms. The Bertz CT molecular complexity index is 282. The molecule has 0 saturated carbocycles. The minimum Gasteiger partial charge on any atom is -0.468 e. The molecule has 15 heavy (non-hydrogen) atoms. The number of nitrogens with one attached hydrogen (secondary N) is 1. The summed E-state index contributed by atoms with van der Waals surface area (Å²) in [7, 11) is 0. The van der Waals surface area contributed by atoms with E-state index in [1.165, 1.54) is 0 Å². The molecular formula is C11H17NO3. The highest BCUT2D eigenvalue weighted by atomic mass is 16.5. The predicted molar refractivity (Wildman–Crippen MR) is 56.4 cm³/mol. The molecule has 0 saturated heterocycles. The SMILES string of the molecule is CCOC(=O)CCN[C@H](C)c1ccco1. The monoisotopic (exact) mass is 211 g/mol. The fourth-order valence-corrected chi connectivity index (χ4v) is 1.26. The van der Waals surface area contributed by atoms with Crippen LogP contribution < -0.4 is 5.32 Å². The van der Waals surface area contributed by atoms with Crippen LogP contribution in [0.15, 0.2) is 22.8 Å². The maximum absolute atomic E-state index is 11.0. The van der Waals surface area contributed by atoms with Gasteiger partial charge < -0.3 is 14.5 Å². The predicted octanol–water partition coefficient (Wildman–Crippen LogP) is 1.88. The molecule has 0 fully saturated rings. The van der Waals surface area contributed by atoms with Gasteiger partial charge >= 0.3 is 5.97 Å². The van der Waals surface area contributed by atoms with Crippen molar-refractivity contribution in [2.75, 3.05) is 13.2 Å². The van der Waals surface area contributed by atoms with Gasteiger partial charge in [0.05, 0.1) is 25.3 Å². The third-order valence-electron chi connectivity index (χ3n) is 2.05. The lowest BCUT2D eigenvalue weighted by Gasteiger charge is -2.10. The largest absolute Gasteiger partial charge is 0.468 e. The van der Waals surface area contributed by atoms with E-state index >= 15 is 0 Å². The molecule has 0 aliphatic carbocycles. The third-order valence-corrected chi connectivity index (χ3v) is 2.05. The molecule has 1 heterocycles. The second kappa shape index (κ2) is 6.24. The first kappa shape index (κ1) is 11.8. The molecule has 1 atom stereocenters. The average molecular weight is 211 g/mol. The summed E-state index contributed by atoms with van der Waals surface area (Å²) in [5.74, 6) is 0.704. The summed E-state index contributed by atoms with van der Waals surface area (Å²) in [6.07, 6.45) is 2.03. The van der Waals surface area contributed by atoms with E-state index in [2.05, 4.69) is 5.32 Å². The van der Waals surface area contributed by atoms with Crippen molar-refractivity contribution in [1.29, 1.82) is 0 Å². The van der Waals surface area contributed by atoms with Crippen molar-refractivity contribution in [3.05, 3.63) is 24.2 Å². The number of hydrogen-bond donors (Lipinski definition) is 1. The van der Waals surface area contributed by atoms with Crippen LogP contribution in [0.1, 0.15) is 32.1 Å². The van der Waals surface area contributed by atoms with Gasteiger partial charge in [0.25, 0.3) is 0 Å². The van der Waals surface area contributed by atoms with E-state index < -0.39 is 0 Å². The van der Waals surface area contributed by atoms with Crippen molar-refractivity contribution in [3.8, 4) is 0 Å². The number of carbonyl (C=O) groups is 1. The van der Waals surface area contributed by atoms with Gasteiger partial charge in [-0.25, -0.2) is 0 Å². The summed E-state index contributed by atoms with van der Waals surface area (Å²) in [6, 6.07) is 3.87. The Balaban J connectivity index is 2.18. The molecule has 4 nitrogen and oxygen atoms in total. The molecule has 0 unspecified atom stereocenters. The van der Waals surface area contributed by atoms with Crippen LogP contribution in [-0.4, -0.2) is 19.1 Å². The fraction of sp³-hybridized carbons (Fsp3) is 0.545. The molecule has 0 spiro atoms. The minimum atomic E-state index is -0.170. The van der Waals surface area contributed by atoms with E-state index in [4.69, 9.17) is 9.15 Å². The van der Waals surface area contributed by atoms with Gasteiger partial charge in [-0.3, -0.25) is 4.79 Å². The van der Waals surface area contributed by atoms with E-state index in [1.807, 2.05) is 19.1 Å². The highest BCUT2D eigenvalue weighted by Gasteiger charge is 2.08. The fourth-order valence-electron chi connectivity index (χ4n) is 1.26. The summed E-state index contributed by atoms with van der Waals surface area (Å²) in [4.78, 5) is 11.0. The van der Waals surface area contributed by atoms with Crippen LogP contribution in [0.5, 0.6) is 0 Å². The van der Waals surface area contributed by atoms with Gasteiger partial charge in [-0.05, 0) is 26.0 Å². The summed E-state index contributed by atoms with van der Waals surface area (Å²) < 4.78 is 10.0. The smallest absolute Gasteiger partial charge is 0.307 e. The van der Waals surface area contributed by atoms with Crippen molar-refractivity contribution in [3.63, 3.8) is 0 Å². The van der Waals surface area contributed by atoms with Crippen LogP contribution in [0.4, 0.5) is 0 Å². The molecule has 84 valence electrons. The van der Waals surface area contributed by atoms with Crippen LogP contribution in [0.25, 0.3) is 0 Å². The first-order valence-corrected chi connectivity index (χ1v) is 5.16. The number of ether oxygens (including phenoxy) is 1. The lowest BCUT2D eigenvalue weighted by Crippen LogP contribution is -2.22. The number of hydrogen-bond acceptors (Lipinski definition) is 4. The first-order valence-electron chi connectivity index (χ1n) is 5.16. The number of esters is 1. The van der Waals surface area contributed by atoms with Gasteiger partial charge in [0.2, 0.25) is 0 Å². The molecule has 1 rings (SSSR count). The van der Waals surface area contributed by atoms with E-state index in [1.54, 1.807) is 13.2 Å². The Labute approximate surface area is 89.6 Å². The third kappa shape index (κ3) is 4.16. The maximum atomic E-state index is 11.0. The van der Waals surface area contributed by atoms with Gasteiger partial charge in [0, 0.05) is 6.54 Å². The van der Waals surface area contributed by atoms with Gasteiger partial charge in [-0.15, -0.1) is 0 Å². The Morgan fingerprint density at radius 2 is 2.47 bits per heavy atom. The van der Waals surface area contributed by atoms with Crippen molar-refractivity contribution < 1.29 is 13.9 Å². The molecule has 0 aromatic carbocycles. The zero-order chi connectivity index (χ0) is 11.1. The number of carbonyl (C=O) groups excluding carboxylic acids is 1. The summed E-state index contributed by atoms with van der Waals surface area (Å²) in [5.41, 5.74) is 0. The normalized spacial score (nSPS) is 12.4. The highest BCUT2D eigenvalue weighted by molar-refractivity contribution is 5.69. The van der Waals surface area contributed by atoms with E-state index in [-0.39, 0.29) is 12.0 Å². The van der Waals surface area contributed by atoms with Gasteiger partial charge in [-0.2, -0.15) is 0 Å². The maximum Gasteiger partial charge on any atom is 0.307 e. The summed E-state index contributed by atoms with van der Waals surface area (Å²) in [5, 5.41) is 3.18. The van der Waals surface area contributed by atoms with Gasteiger partial charge in [0.1, 0.15) is 5.76 Å². The minimum absolute atomic E-state index is 0.120. The number of furan rings is 1. The second-order valence-corrected chi connectivity index (χ2v) is 3.25. The summed E-state index contributed by atoms with van der Waals surface area (Å²) >= 11 is 0. The lowest BCUT2D eigenvalue weighted by molar-refractivity contribution is -0.143. The molecule has 0 bridgehead atoms. The topological polar surface area (TPSA) is 51.5 Å². The van der Waals surface area contributed by atoms with Crippen molar-refractivity contribution >= 4 is 5.97 Å². The molecule has 0 amide bonds. The molecule has 0 aliphatic heterocycles. The molecule has 1 aromatic heterocycles. The Morgan fingerprint density at radius 1 is 1.67 bits per heavy atom. The first-order chi connectivity index (χ1) is 7.24. The van der Waals surface area contributed by atoms with Crippen molar-refractivity contribution in [2.24, 2.45) is 0 Å². The highest BCUT2D eigenvalue weighted by Crippen LogP contribution is 2.11. The van der Waals surface area contributed by atoms with E-state index in [0.717, 1.165) is 5.76 Å². The molecule has 1 N–H and O–H groups in total. The zero-order valence-corrected chi connectivity index (χ0v) is 9.16. The average Bonchev–Trinajstić information content (AvgIpc) is 2.70. The van der Waals surface area contributed by atoms with Crippen LogP contribution in [0.3, 0.4) is 0 Å². The molecule has 1 aromatic rings. The zero-order valence-electron chi connectivity index (χ0n) is 9.16. The molecular weight excluding hydrogens is 194 g/mol. The number of rotatable bonds is 6. The van der Waals surface area contributed by atoms with Gasteiger partial charge in [-0.1, -0.05) is 0 Å². The van der Waals surface area contributed by atoms with E-state index in [0.29, 0.717) is 19.6 Å². The standard InChI is InChI=1S/C11H17NO3/c1-3-14-11(13)6-7-12-9(2)10-5-4-8-15-10/h4-5,8-9,12H,3,6-7H2,1-2H3/t9-/m1/s1. The van der Waals surface area contributed by atoms with Crippen LogP contribution in [0, 0.1) is 0 Å². The van der Waals surface area contributed by atoms with Crippen molar-refractivity contribution in [2.45, 2.75) is 26.3 Å². The Hall–Kier alpha value is -1.29. The van der Waals surface area contributed by atoms with Gasteiger partial charge in [0.15, 0.2) is 0 Å². The second-order valence-electron chi connectivity index (χ2n) is 3.25. The van der Waals surface area contributed by atoms with Crippen LogP contribution in [-0.2, 0) is 9.53 Å². The van der Waals surface area contributed by atoms with Crippen LogP contribution in [0.2, 0.25) is 0 Å². The van der Waals surface area contributed by atoms with E-state index in [9.17, 15) is 4.79 Å². The Kier molecular flexibility index (Phi) is 4.90. The summed E-state index contributed by atoms with van der Waals surface area (Å²) in [6.45, 7) is 4.83.